The van der Waals surface area contributed by atoms with Crippen molar-refractivity contribution in [3.8, 4) is 5.75 Å². The zero-order valence-corrected chi connectivity index (χ0v) is 10.7. The van der Waals surface area contributed by atoms with E-state index in [1.165, 1.54) is 16.7 Å². The first-order valence-corrected chi connectivity index (χ1v) is 6.17. The average Bonchev–Trinajstić information content (AvgIpc) is 2.39. The van der Waals surface area contributed by atoms with E-state index in [4.69, 9.17) is 4.74 Å². The number of benzene rings is 2. The molecule has 0 N–H and O–H groups in total. The predicted molar refractivity (Wildman–Crippen MR) is 76.1 cm³/mol. The number of hydrogen-bond acceptors (Lipinski definition) is 1. The Kier molecular flexibility index (Phi) is 4.19. The number of hydrogen-bond donors (Lipinski definition) is 0. The van der Waals surface area contributed by atoms with Gasteiger partial charge >= 0.3 is 0 Å². The molecule has 0 saturated carbocycles. The topological polar surface area (TPSA) is 9.23 Å². The van der Waals surface area contributed by atoms with Crippen LogP contribution in [0.5, 0.6) is 5.75 Å². The van der Waals surface area contributed by atoms with Gasteiger partial charge in [0, 0.05) is 6.42 Å². The molecule has 2 aromatic carbocycles. The van der Waals surface area contributed by atoms with Crippen LogP contribution in [0.3, 0.4) is 0 Å². The van der Waals surface area contributed by atoms with Gasteiger partial charge in [-0.05, 0) is 24.1 Å². The normalized spacial score (nSPS) is 10.1. The van der Waals surface area contributed by atoms with Crippen LogP contribution < -0.4 is 4.74 Å². The van der Waals surface area contributed by atoms with Crippen molar-refractivity contribution in [2.45, 2.75) is 13.3 Å². The summed E-state index contributed by atoms with van der Waals surface area (Å²) in [7, 11) is 0. The van der Waals surface area contributed by atoms with E-state index in [1.807, 2.05) is 12.1 Å². The van der Waals surface area contributed by atoms with Gasteiger partial charge in [-0.1, -0.05) is 60.7 Å². The molecule has 0 heterocycles. The summed E-state index contributed by atoms with van der Waals surface area (Å²) in [4.78, 5) is 0. The second kappa shape index (κ2) is 6.06. The zero-order valence-electron chi connectivity index (χ0n) is 10.7. The third kappa shape index (κ3) is 3.24. The molecular weight excluding hydrogens is 220 g/mol. The lowest BCUT2D eigenvalue weighted by molar-refractivity contribution is 0.359. The van der Waals surface area contributed by atoms with Gasteiger partial charge in [0.2, 0.25) is 0 Å². The van der Waals surface area contributed by atoms with Gasteiger partial charge in [-0.3, -0.25) is 0 Å². The first kappa shape index (κ1) is 12.4. The summed E-state index contributed by atoms with van der Waals surface area (Å²) in [5, 5.41) is 0. The van der Waals surface area contributed by atoms with Crippen LogP contribution in [-0.2, 0) is 6.42 Å². The lowest BCUT2D eigenvalue weighted by Gasteiger charge is -2.11. The zero-order chi connectivity index (χ0) is 12.8. The molecule has 0 spiro atoms. The molecule has 0 atom stereocenters. The molecule has 0 unspecified atom stereocenters. The molecule has 0 saturated heterocycles. The van der Waals surface area contributed by atoms with Crippen LogP contribution in [0.1, 0.15) is 16.7 Å². The van der Waals surface area contributed by atoms with Crippen molar-refractivity contribution in [3.05, 3.63) is 77.9 Å². The summed E-state index contributed by atoms with van der Waals surface area (Å²) in [5.41, 5.74) is 3.78. The Morgan fingerprint density at radius 1 is 1.11 bits per heavy atom. The molecule has 92 valence electrons. The minimum Gasteiger partial charge on any atom is -0.489 e. The quantitative estimate of drug-likeness (QED) is 0.711. The van der Waals surface area contributed by atoms with Crippen molar-refractivity contribution in [3.63, 3.8) is 0 Å². The molecule has 0 radical (unpaired) electrons. The fourth-order valence-corrected chi connectivity index (χ4v) is 1.95. The number of ether oxygens (including phenoxy) is 1. The van der Waals surface area contributed by atoms with Crippen LogP contribution in [-0.4, -0.2) is 6.61 Å². The summed E-state index contributed by atoms with van der Waals surface area (Å²) >= 11 is 0. The maximum atomic E-state index is 5.70. The van der Waals surface area contributed by atoms with Crippen LogP contribution in [0.4, 0.5) is 0 Å². The summed E-state index contributed by atoms with van der Waals surface area (Å²) in [6, 6.07) is 16.7. The third-order valence-electron chi connectivity index (χ3n) is 2.81. The van der Waals surface area contributed by atoms with E-state index in [0.29, 0.717) is 6.61 Å². The molecule has 0 bridgehead atoms. The van der Waals surface area contributed by atoms with Gasteiger partial charge in [-0.25, -0.2) is 0 Å². The molecule has 18 heavy (non-hydrogen) atoms. The van der Waals surface area contributed by atoms with Crippen LogP contribution in [0.15, 0.2) is 61.2 Å². The molecule has 2 aromatic rings. The lowest BCUT2D eigenvalue weighted by atomic mass is 10.0. The molecule has 0 fully saturated rings. The summed E-state index contributed by atoms with van der Waals surface area (Å²) in [6.45, 7) is 6.33. The second-order valence-electron chi connectivity index (χ2n) is 4.37. The van der Waals surface area contributed by atoms with Crippen LogP contribution in [0.2, 0.25) is 0 Å². The Morgan fingerprint density at radius 2 is 1.89 bits per heavy atom. The standard InChI is InChI=1S/C17H18O/c1-3-11-18-17-10-9-14(2)12-16(17)13-15-7-5-4-6-8-15/h3-10,12H,1,11,13H2,2H3. The summed E-state index contributed by atoms with van der Waals surface area (Å²) < 4.78 is 5.70. The molecule has 0 aromatic heterocycles. The fourth-order valence-electron chi connectivity index (χ4n) is 1.95. The summed E-state index contributed by atoms with van der Waals surface area (Å²) in [6.07, 6.45) is 2.67. The minimum atomic E-state index is 0.546. The molecule has 0 aliphatic rings. The average molecular weight is 238 g/mol. The van der Waals surface area contributed by atoms with Gasteiger partial charge in [0.15, 0.2) is 0 Å². The highest BCUT2D eigenvalue weighted by molar-refractivity contribution is 5.40. The van der Waals surface area contributed by atoms with Crippen LogP contribution in [0.25, 0.3) is 0 Å². The van der Waals surface area contributed by atoms with Crippen molar-refractivity contribution in [2.75, 3.05) is 6.61 Å². The van der Waals surface area contributed by atoms with E-state index in [-0.39, 0.29) is 0 Å². The number of aryl methyl sites for hydroxylation is 1. The highest BCUT2D eigenvalue weighted by Crippen LogP contribution is 2.23. The fraction of sp³-hybridized carbons (Fsp3) is 0.176. The van der Waals surface area contributed by atoms with Gasteiger partial charge in [0.05, 0.1) is 0 Å². The summed E-state index contributed by atoms with van der Waals surface area (Å²) in [5.74, 6) is 0.948. The maximum absolute atomic E-state index is 5.70. The smallest absolute Gasteiger partial charge is 0.123 e. The van der Waals surface area contributed by atoms with E-state index in [9.17, 15) is 0 Å². The van der Waals surface area contributed by atoms with Crippen molar-refractivity contribution >= 4 is 0 Å². The monoisotopic (exact) mass is 238 g/mol. The first-order chi connectivity index (χ1) is 8.79. The Hall–Kier alpha value is -2.02. The van der Waals surface area contributed by atoms with E-state index >= 15 is 0 Å². The predicted octanol–water partition coefficient (Wildman–Crippen LogP) is 4.15. The van der Waals surface area contributed by atoms with E-state index in [1.54, 1.807) is 6.08 Å². The molecule has 2 rings (SSSR count). The van der Waals surface area contributed by atoms with Gasteiger partial charge in [0.1, 0.15) is 12.4 Å². The molecule has 0 aliphatic carbocycles. The van der Waals surface area contributed by atoms with Crippen LogP contribution in [0, 0.1) is 6.92 Å². The molecule has 1 heteroatoms. The Balaban J connectivity index is 2.24. The number of rotatable bonds is 5. The van der Waals surface area contributed by atoms with E-state index in [0.717, 1.165) is 12.2 Å². The Morgan fingerprint density at radius 3 is 2.61 bits per heavy atom. The maximum Gasteiger partial charge on any atom is 0.123 e. The minimum absolute atomic E-state index is 0.546. The SMILES string of the molecule is C=CCOc1ccc(C)cc1Cc1ccccc1. The molecule has 1 nitrogen and oxygen atoms in total. The largest absolute Gasteiger partial charge is 0.489 e. The van der Waals surface area contributed by atoms with Gasteiger partial charge < -0.3 is 4.74 Å². The van der Waals surface area contributed by atoms with E-state index < -0.39 is 0 Å². The third-order valence-corrected chi connectivity index (χ3v) is 2.81. The molecule has 0 amide bonds. The first-order valence-electron chi connectivity index (χ1n) is 6.17. The van der Waals surface area contributed by atoms with Crippen LogP contribution >= 0.6 is 0 Å². The van der Waals surface area contributed by atoms with Gasteiger partial charge in [-0.2, -0.15) is 0 Å². The van der Waals surface area contributed by atoms with E-state index in [2.05, 4.69) is 49.9 Å². The lowest BCUT2D eigenvalue weighted by Crippen LogP contribution is -1.99. The second-order valence-corrected chi connectivity index (χ2v) is 4.37. The van der Waals surface area contributed by atoms with Gasteiger partial charge in [-0.15, -0.1) is 0 Å². The highest BCUT2D eigenvalue weighted by atomic mass is 16.5. The van der Waals surface area contributed by atoms with Crippen molar-refractivity contribution in [1.82, 2.24) is 0 Å². The van der Waals surface area contributed by atoms with Gasteiger partial charge in [0.25, 0.3) is 0 Å². The molecular formula is C17H18O. The Labute approximate surface area is 109 Å². The highest BCUT2D eigenvalue weighted by Gasteiger charge is 2.04. The Bertz CT molecular complexity index is 514. The molecule has 0 aliphatic heterocycles. The van der Waals surface area contributed by atoms with Crippen molar-refractivity contribution < 1.29 is 4.74 Å². The van der Waals surface area contributed by atoms with Crippen molar-refractivity contribution in [2.24, 2.45) is 0 Å². The van der Waals surface area contributed by atoms with Crippen molar-refractivity contribution in [1.29, 1.82) is 0 Å².